The Balaban J connectivity index is 2.84. The van der Waals surface area contributed by atoms with E-state index >= 15 is 0 Å². The maximum atomic E-state index is 11.7. The van der Waals surface area contributed by atoms with Crippen LogP contribution in [-0.2, 0) is 4.79 Å². The highest BCUT2D eigenvalue weighted by Gasteiger charge is 2.13. The fraction of sp³-hybridized carbons (Fsp3) is 0.333. The lowest BCUT2D eigenvalue weighted by atomic mass is 10.1. The average molecular weight is 315 g/mol. The fourth-order valence-corrected chi connectivity index (χ4v) is 1.96. The molecule has 0 unspecified atom stereocenters. The summed E-state index contributed by atoms with van der Waals surface area (Å²) < 4.78 is 0.585. The topological polar surface area (TPSA) is 92.4 Å². The summed E-state index contributed by atoms with van der Waals surface area (Å²) in [4.78, 5) is 22.6. The number of hydrogen-bond acceptors (Lipinski definition) is 3. The predicted octanol–water partition coefficient (Wildman–Crippen LogP) is 2.21. The minimum Gasteiger partial charge on any atom is -0.478 e. The molecule has 0 fully saturated rings. The van der Waals surface area contributed by atoms with E-state index in [0.29, 0.717) is 16.6 Å². The first-order valence-electron chi connectivity index (χ1n) is 5.54. The Morgan fingerprint density at radius 3 is 2.67 bits per heavy atom. The number of aromatic carboxylic acids is 1. The second-order valence-electron chi connectivity index (χ2n) is 3.92. The van der Waals surface area contributed by atoms with Crippen molar-refractivity contribution in [2.45, 2.75) is 25.8 Å². The third kappa shape index (κ3) is 4.12. The molecule has 1 atom stereocenters. The van der Waals surface area contributed by atoms with Crippen molar-refractivity contribution < 1.29 is 14.7 Å². The lowest BCUT2D eigenvalue weighted by Crippen LogP contribution is -2.35. The molecule has 1 aromatic rings. The Bertz CT molecular complexity index is 463. The van der Waals surface area contributed by atoms with Crippen LogP contribution in [0.15, 0.2) is 22.7 Å². The van der Waals surface area contributed by atoms with Crippen molar-refractivity contribution >= 4 is 33.5 Å². The van der Waals surface area contributed by atoms with Gasteiger partial charge in [-0.15, -0.1) is 0 Å². The minimum atomic E-state index is -1.05. The van der Waals surface area contributed by atoms with Crippen LogP contribution >= 0.6 is 15.9 Å². The number of nitrogens with two attached hydrogens (primary N) is 1. The van der Waals surface area contributed by atoms with Gasteiger partial charge in [0.2, 0.25) is 5.91 Å². The van der Waals surface area contributed by atoms with Gasteiger partial charge in [-0.05, 0) is 24.6 Å². The van der Waals surface area contributed by atoms with Crippen LogP contribution in [0.5, 0.6) is 0 Å². The molecular formula is C12H15BrN2O3. The number of benzene rings is 1. The van der Waals surface area contributed by atoms with Crippen LogP contribution in [0.3, 0.4) is 0 Å². The number of carboxylic acid groups (broad SMARTS) is 1. The van der Waals surface area contributed by atoms with E-state index in [0.717, 1.165) is 6.42 Å². The van der Waals surface area contributed by atoms with Crippen molar-refractivity contribution in [1.29, 1.82) is 0 Å². The first-order valence-corrected chi connectivity index (χ1v) is 6.33. The summed E-state index contributed by atoms with van der Waals surface area (Å²) in [5.41, 5.74) is 6.19. The molecule has 0 saturated heterocycles. The molecule has 0 spiro atoms. The minimum absolute atomic E-state index is 0.101. The molecule has 1 aromatic carbocycles. The molecule has 0 aromatic heterocycles. The molecule has 6 heteroatoms. The second-order valence-corrected chi connectivity index (χ2v) is 4.83. The van der Waals surface area contributed by atoms with Gasteiger partial charge in [0.25, 0.3) is 0 Å². The lowest BCUT2D eigenvalue weighted by Gasteiger charge is -2.12. The van der Waals surface area contributed by atoms with Crippen molar-refractivity contribution in [3.05, 3.63) is 28.2 Å². The first kappa shape index (κ1) is 14.7. The number of amides is 1. The maximum absolute atomic E-state index is 11.7. The summed E-state index contributed by atoms with van der Waals surface area (Å²) in [7, 11) is 0. The van der Waals surface area contributed by atoms with Crippen molar-refractivity contribution in [2.24, 2.45) is 5.73 Å². The third-order valence-electron chi connectivity index (χ3n) is 2.35. The molecule has 0 bridgehead atoms. The van der Waals surface area contributed by atoms with Crippen molar-refractivity contribution in [3.8, 4) is 0 Å². The largest absolute Gasteiger partial charge is 0.478 e. The van der Waals surface area contributed by atoms with Gasteiger partial charge in [0.1, 0.15) is 0 Å². The normalized spacial score (nSPS) is 11.9. The van der Waals surface area contributed by atoms with Crippen molar-refractivity contribution in [1.82, 2.24) is 0 Å². The first-order chi connectivity index (χ1) is 8.43. The zero-order valence-corrected chi connectivity index (χ0v) is 11.5. The molecule has 4 N–H and O–H groups in total. The average Bonchev–Trinajstić information content (AvgIpc) is 2.28. The van der Waals surface area contributed by atoms with E-state index in [2.05, 4.69) is 21.2 Å². The fourth-order valence-electron chi connectivity index (χ4n) is 1.46. The molecule has 0 saturated carbocycles. The number of halogens is 1. The molecule has 1 rings (SSSR count). The molecule has 0 aliphatic rings. The summed E-state index contributed by atoms with van der Waals surface area (Å²) in [6.07, 6.45) is 1.40. The van der Waals surface area contributed by atoms with Gasteiger partial charge < -0.3 is 16.2 Å². The molecule has 18 heavy (non-hydrogen) atoms. The Morgan fingerprint density at radius 1 is 1.44 bits per heavy atom. The Labute approximate surface area is 113 Å². The van der Waals surface area contributed by atoms with E-state index in [1.165, 1.54) is 12.1 Å². The standard InChI is InChI=1S/C12H15BrN2O3/c1-2-3-10(14)11(16)15-9-5-7(12(17)18)4-8(13)6-9/h4-6,10H,2-3,14H2,1H3,(H,15,16)(H,17,18)/t10-/m1/s1. The van der Waals surface area contributed by atoms with Crippen LogP contribution in [0.2, 0.25) is 0 Å². The Morgan fingerprint density at radius 2 is 2.11 bits per heavy atom. The van der Waals surface area contributed by atoms with E-state index in [1.54, 1.807) is 6.07 Å². The SMILES string of the molecule is CCC[C@@H](N)C(=O)Nc1cc(Br)cc(C(=O)O)c1. The summed E-state index contributed by atoms with van der Waals surface area (Å²) in [6.45, 7) is 1.94. The van der Waals surface area contributed by atoms with E-state index in [-0.39, 0.29) is 11.5 Å². The van der Waals surface area contributed by atoms with Gasteiger partial charge in [-0.3, -0.25) is 4.79 Å². The number of anilines is 1. The van der Waals surface area contributed by atoms with Gasteiger partial charge in [0.05, 0.1) is 11.6 Å². The van der Waals surface area contributed by atoms with Gasteiger partial charge in [0, 0.05) is 10.2 Å². The Hall–Kier alpha value is -1.40. The van der Waals surface area contributed by atoms with Gasteiger partial charge >= 0.3 is 5.97 Å². The van der Waals surface area contributed by atoms with E-state index in [1.807, 2.05) is 6.92 Å². The molecule has 0 radical (unpaired) electrons. The van der Waals surface area contributed by atoms with Gasteiger partial charge in [-0.1, -0.05) is 29.3 Å². The van der Waals surface area contributed by atoms with Crippen molar-refractivity contribution in [3.63, 3.8) is 0 Å². The van der Waals surface area contributed by atoms with Crippen LogP contribution in [-0.4, -0.2) is 23.0 Å². The number of carboxylic acids is 1. The van der Waals surface area contributed by atoms with E-state index < -0.39 is 12.0 Å². The zero-order chi connectivity index (χ0) is 13.7. The van der Waals surface area contributed by atoms with Crippen molar-refractivity contribution in [2.75, 3.05) is 5.32 Å². The highest BCUT2D eigenvalue weighted by Crippen LogP contribution is 2.20. The molecule has 0 heterocycles. The molecule has 98 valence electrons. The number of carbonyl (C=O) groups is 2. The van der Waals surface area contributed by atoms with Gasteiger partial charge in [-0.2, -0.15) is 0 Å². The second kappa shape index (κ2) is 6.51. The number of nitrogens with one attached hydrogen (secondary N) is 1. The number of hydrogen-bond donors (Lipinski definition) is 3. The highest BCUT2D eigenvalue weighted by molar-refractivity contribution is 9.10. The van der Waals surface area contributed by atoms with Crippen LogP contribution < -0.4 is 11.1 Å². The smallest absolute Gasteiger partial charge is 0.335 e. The highest BCUT2D eigenvalue weighted by atomic mass is 79.9. The van der Waals surface area contributed by atoms with Crippen LogP contribution in [0.4, 0.5) is 5.69 Å². The summed E-state index contributed by atoms with van der Waals surface area (Å²) in [6, 6.07) is 3.90. The molecule has 0 aliphatic carbocycles. The van der Waals surface area contributed by atoms with Crippen LogP contribution in [0, 0.1) is 0 Å². The quantitative estimate of drug-likeness (QED) is 0.777. The number of carbonyl (C=O) groups excluding carboxylic acids is 1. The molecule has 0 aliphatic heterocycles. The zero-order valence-electron chi connectivity index (χ0n) is 9.94. The summed E-state index contributed by atoms with van der Waals surface area (Å²) >= 11 is 3.19. The third-order valence-corrected chi connectivity index (χ3v) is 2.81. The van der Waals surface area contributed by atoms with Crippen LogP contribution in [0.25, 0.3) is 0 Å². The van der Waals surface area contributed by atoms with E-state index in [4.69, 9.17) is 10.8 Å². The van der Waals surface area contributed by atoms with Crippen LogP contribution in [0.1, 0.15) is 30.1 Å². The summed E-state index contributed by atoms with van der Waals surface area (Å²) in [5, 5.41) is 11.5. The predicted molar refractivity (Wildman–Crippen MR) is 72.6 cm³/mol. The maximum Gasteiger partial charge on any atom is 0.335 e. The lowest BCUT2D eigenvalue weighted by molar-refractivity contribution is -0.117. The van der Waals surface area contributed by atoms with Gasteiger partial charge in [-0.25, -0.2) is 4.79 Å². The van der Waals surface area contributed by atoms with Gasteiger partial charge in [0.15, 0.2) is 0 Å². The number of rotatable bonds is 5. The van der Waals surface area contributed by atoms with E-state index in [9.17, 15) is 9.59 Å². The Kier molecular flexibility index (Phi) is 5.30. The molecule has 5 nitrogen and oxygen atoms in total. The molecular weight excluding hydrogens is 300 g/mol. The molecule has 1 amide bonds. The summed E-state index contributed by atoms with van der Waals surface area (Å²) in [5.74, 6) is -1.36. The monoisotopic (exact) mass is 314 g/mol.